The molecule has 0 saturated carbocycles. The van der Waals surface area contributed by atoms with E-state index in [9.17, 15) is 9.59 Å². The molecule has 94 valence electrons. The van der Waals surface area contributed by atoms with E-state index in [1.807, 2.05) is 32.3 Å². The zero-order valence-corrected chi connectivity index (χ0v) is 13.4. The van der Waals surface area contributed by atoms with Crippen molar-refractivity contribution < 1.29 is 9.59 Å². The zero-order chi connectivity index (χ0) is 13.1. The van der Waals surface area contributed by atoms with E-state index >= 15 is 0 Å². The van der Waals surface area contributed by atoms with Crippen molar-refractivity contribution in [3.63, 3.8) is 0 Å². The number of hydrogen-bond donors (Lipinski definition) is 2. The van der Waals surface area contributed by atoms with Gasteiger partial charge < -0.3 is 0 Å². The van der Waals surface area contributed by atoms with Crippen molar-refractivity contribution in [2.45, 2.75) is 36.5 Å². The average Bonchev–Trinajstić information content (AvgIpc) is 2.16. The third kappa shape index (κ3) is 3.05. The van der Waals surface area contributed by atoms with Crippen LogP contribution in [0.15, 0.2) is 0 Å². The van der Waals surface area contributed by atoms with Crippen LogP contribution in [0.5, 0.6) is 0 Å². The van der Waals surface area contributed by atoms with Crippen LogP contribution in [0, 0.1) is 0 Å². The minimum atomic E-state index is -2.82. The van der Waals surface area contributed by atoms with Gasteiger partial charge in [0, 0.05) is 0 Å². The van der Waals surface area contributed by atoms with Crippen LogP contribution in [0.2, 0.25) is 15.8 Å². The summed E-state index contributed by atoms with van der Waals surface area (Å²) in [5, 5.41) is 1.13. The normalized spacial score (nSPS) is 12.4. The molecule has 0 aliphatic rings. The van der Waals surface area contributed by atoms with Crippen molar-refractivity contribution in [2.75, 3.05) is 14.1 Å². The van der Waals surface area contributed by atoms with Crippen molar-refractivity contribution in [1.82, 2.24) is 16.0 Å². The number of carbonyl (C=O) groups is 2. The Bertz CT molecular complexity index is 280. The molecule has 0 heterocycles. The molecule has 1 amide bonds. The Labute approximate surface area is 100 Å². The van der Waals surface area contributed by atoms with Crippen LogP contribution < -0.4 is 10.9 Å². The Morgan fingerprint density at radius 2 is 1.44 bits per heavy atom. The second kappa shape index (κ2) is 5.29. The van der Waals surface area contributed by atoms with E-state index in [-0.39, 0.29) is 8.86 Å². The van der Waals surface area contributed by atoms with E-state index in [0.29, 0.717) is 0 Å². The van der Waals surface area contributed by atoms with Gasteiger partial charge in [0.25, 0.3) is 0 Å². The quantitative estimate of drug-likeness (QED) is 0.454. The molecule has 0 rings (SSSR count). The first kappa shape index (κ1) is 15.6. The molecule has 2 N–H and O–H groups in total. The molecule has 0 aromatic heterocycles. The summed E-state index contributed by atoms with van der Waals surface area (Å²) in [7, 11) is 3.19. The van der Waals surface area contributed by atoms with Gasteiger partial charge in [0.1, 0.15) is 0 Å². The standard InChI is InChI=1S/C10H23GeN3O2/c1-10(2,3)11(4,5)8(15)9(16)14(12-6)13-7/h12-13H,1-7H3. The van der Waals surface area contributed by atoms with Gasteiger partial charge in [0.2, 0.25) is 0 Å². The predicted molar refractivity (Wildman–Crippen MR) is 67.2 cm³/mol. The molecule has 5 nitrogen and oxygen atoms in total. The second-order valence-corrected chi connectivity index (χ2v) is 16.2. The summed E-state index contributed by atoms with van der Waals surface area (Å²) in [6.45, 7) is 6.09. The number of nitrogens with zero attached hydrogens (tertiary/aromatic N) is 1. The molecule has 16 heavy (non-hydrogen) atoms. The third-order valence-corrected chi connectivity index (χ3v) is 14.0. The molecular weight excluding hydrogens is 267 g/mol. The molecule has 0 unspecified atom stereocenters. The van der Waals surface area contributed by atoms with Gasteiger partial charge in [-0.1, -0.05) is 0 Å². The summed E-state index contributed by atoms with van der Waals surface area (Å²) >= 11 is -2.82. The molecular formula is C10H23GeN3O2. The van der Waals surface area contributed by atoms with Crippen LogP contribution in [-0.4, -0.2) is 43.0 Å². The van der Waals surface area contributed by atoms with E-state index in [1.54, 1.807) is 14.1 Å². The minimum absolute atomic E-state index is 0.0834. The number of nitrogens with one attached hydrogen (secondary N) is 2. The topological polar surface area (TPSA) is 61.4 Å². The van der Waals surface area contributed by atoms with Gasteiger partial charge in [-0.25, -0.2) is 0 Å². The van der Waals surface area contributed by atoms with Crippen molar-refractivity contribution in [1.29, 1.82) is 0 Å². The first-order chi connectivity index (χ1) is 7.09. The Morgan fingerprint density at radius 1 is 1.06 bits per heavy atom. The van der Waals surface area contributed by atoms with Crippen LogP contribution in [0.25, 0.3) is 0 Å². The van der Waals surface area contributed by atoms with Crippen molar-refractivity contribution in [3.8, 4) is 0 Å². The summed E-state index contributed by atoms with van der Waals surface area (Å²) in [6.07, 6.45) is 0. The Kier molecular flexibility index (Phi) is 5.16. The van der Waals surface area contributed by atoms with Crippen LogP contribution in [0.4, 0.5) is 0 Å². The molecule has 0 spiro atoms. The van der Waals surface area contributed by atoms with E-state index in [0.717, 1.165) is 5.12 Å². The van der Waals surface area contributed by atoms with Crippen LogP contribution in [0.3, 0.4) is 0 Å². The number of amides is 1. The number of rotatable bonds is 4. The molecule has 0 radical (unpaired) electrons. The molecule has 0 saturated heterocycles. The molecule has 0 aromatic rings. The fraction of sp³-hybridized carbons (Fsp3) is 0.800. The summed E-state index contributed by atoms with van der Waals surface area (Å²) in [4.78, 5) is 24.1. The van der Waals surface area contributed by atoms with Crippen LogP contribution in [0.1, 0.15) is 20.8 Å². The molecule has 0 fully saturated rings. The Morgan fingerprint density at radius 3 is 1.69 bits per heavy atom. The summed E-state index contributed by atoms with van der Waals surface area (Å²) < 4.78 is -0.309. The van der Waals surface area contributed by atoms with Crippen molar-refractivity contribution >= 4 is 23.8 Å². The van der Waals surface area contributed by atoms with Crippen LogP contribution >= 0.6 is 0 Å². The fourth-order valence-corrected chi connectivity index (χ4v) is 3.81. The Hall–Kier alpha value is -0.397. The predicted octanol–water partition coefficient (Wildman–Crippen LogP) is 0.701. The first-order valence-electron chi connectivity index (χ1n) is 5.33. The molecule has 0 atom stereocenters. The fourth-order valence-electron chi connectivity index (χ4n) is 1.02. The van der Waals surface area contributed by atoms with E-state index in [2.05, 4.69) is 10.9 Å². The summed E-state index contributed by atoms with van der Waals surface area (Å²) in [5.74, 6) is 3.46. The number of hydrazine groups is 2. The number of carbonyl (C=O) groups excluding carboxylic acids is 2. The van der Waals surface area contributed by atoms with Gasteiger partial charge in [0.15, 0.2) is 0 Å². The second-order valence-electron chi connectivity index (χ2n) is 5.29. The molecule has 0 aromatic carbocycles. The van der Waals surface area contributed by atoms with Gasteiger partial charge in [-0.3, -0.25) is 0 Å². The summed E-state index contributed by atoms with van der Waals surface area (Å²) in [6, 6.07) is 0. The summed E-state index contributed by atoms with van der Waals surface area (Å²) in [5.41, 5.74) is 5.28. The first-order valence-corrected chi connectivity index (χ1v) is 11.6. The van der Waals surface area contributed by atoms with Gasteiger partial charge in [-0.15, -0.1) is 0 Å². The Balaban J connectivity index is 5.01. The zero-order valence-electron chi connectivity index (χ0n) is 11.3. The third-order valence-electron chi connectivity index (χ3n) is 3.29. The molecule has 0 aliphatic carbocycles. The SMILES string of the molecule is CNN(NC)C(=O)[C](=O)[Ge]([CH3])([CH3])[C](C)(C)C. The van der Waals surface area contributed by atoms with E-state index < -0.39 is 19.2 Å². The maximum absolute atomic E-state index is 12.2. The van der Waals surface area contributed by atoms with E-state index in [4.69, 9.17) is 0 Å². The van der Waals surface area contributed by atoms with Gasteiger partial charge in [0.05, 0.1) is 0 Å². The maximum atomic E-state index is 12.2. The number of hydrogen-bond acceptors (Lipinski definition) is 4. The average molecular weight is 290 g/mol. The monoisotopic (exact) mass is 291 g/mol. The molecule has 0 aliphatic heterocycles. The molecule has 0 bridgehead atoms. The van der Waals surface area contributed by atoms with Crippen molar-refractivity contribution in [2.24, 2.45) is 0 Å². The van der Waals surface area contributed by atoms with Gasteiger partial charge >= 0.3 is 100.0 Å². The van der Waals surface area contributed by atoms with E-state index in [1.165, 1.54) is 0 Å². The van der Waals surface area contributed by atoms with Gasteiger partial charge in [-0.05, 0) is 0 Å². The molecule has 6 heteroatoms. The van der Waals surface area contributed by atoms with Crippen LogP contribution in [-0.2, 0) is 9.59 Å². The van der Waals surface area contributed by atoms with Crippen molar-refractivity contribution in [3.05, 3.63) is 0 Å². The van der Waals surface area contributed by atoms with Gasteiger partial charge in [-0.2, -0.15) is 0 Å².